The highest BCUT2D eigenvalue weighted by atomic mass is 35.5. The van der Waals surface area contributed by atoms with Crippen LogP contribution in [0.15, 0.2) is 12.1 Å². The van der Waals surface area contributed by atoms with Gasteiger partial charge in [0.1, 0.15) is 0 Å². The predicted octanol–water partition coefficient (Wildman–Crippen LogP) is 3.23. The van der Waals surface area contributed by atoms with Crippen LogP contribution in [0.5, 0.6) is 0 Å². The maximum Gasteiger partial charge on any atom is 0.317 e. The number of urea groups is 1. The first-order valence-corrected chi connectivity index (χ1v) is 8.60. The number of amides is 2. The number of nitrogens with one attached hydrogen (secondary N) is 1. The Bertz CT molecular complexity index is 549. The number of carboxylic acid groups (broad SMARTS) is 1. The number of aryl methyl sites for hydroxylation is 1. The molecular formula is C15H21ClN2O3S. The number of hydrogen-bond donors (Lipinski definition) is 2. The van der Waals surface area contributed by atoms with Gasteiger partial charge in [0.2, 0.25) is 0 Å². The first kappa shape index (κ1) is 17.1. The molecule has 122 valence electrons. The van der Waals surface area contributed by atoms with Crippen LogP contribution in [0.4, 0.5) is 4.79 Å². The van der Waals surface area contributed by atoms with Gasteiger partial charge >= 0.3 is 12.0 Å². The number of halogens is 1. The Morgan fingerprint density at radius 2 is 2.23 bits per heavy atom. The molecule has 2 rings (SSSR count). The van der Waals surface area contributed by atoms with E-state index in [1.54, 1.807) is 23.2 Å². The Hall–Kier alpha value is -1.27. The molecule has 1 fully saturated rings. The van der Waals surface area contributed by atoms with Gasteiger partial charge < -0.3 is 15.3 Å². The average Bonchev–Trinajstić information content (AvgIpc) is 3.05. The summed E-state index contributed by atoms with van der Waals surface area (Å²) in [5.74, 6) is -0.836. The number of likely N-dealkylation sites (tertiary alicyclic amines) is 1. The summed E-state index contributed by atoms with van der Waals surface area (Å²) < 4.78 is 0.804. The van der Waals surface area contributed by atoms with E-state index < -0.39 is 11.4 Å². The first-order valence-electron chi connectivity index (χ1n) is 7.41. The fourth-order valence-electron chi connectivity index (χ4n) is 2.53. The summed E-state index contributed by atoms with van der Waals surface area (Å²) in [5, 5.41) is 12.0. The zero-order valence-electron chi connectivity index (χ0n) is 12.6. The Kier molecular flexibility index (Phi) is 5.69. The summed E-state index contributed by atoms with van der Waals surface area (Å²) in [6.07, 6.45) is 3.36. The van der Waals surface area contributed by atoms with Crippen molar-refractivity contribution >= 4 is 34.9 Å². The van der Waals surface area contributed by atoms with Crippen molar-refractivity contribution < 1.29 is 14.7 Å². The minimum atomic E-state index is -0.836. The minimum absolute atomic E-state index is 0.163. The van der Waals surface area contributed by atoms with Crippen molar-refractivity contribution in [1.82, 2.24) is 10.2 Å². The van der Waals surface area contributed by atoms with Crippen LogP contribution >= 0.6 is 22.9 Å². The molecule has 1 aliphatic rings. The molecule has 0 aliphatic carbocycles. The molecule has 1 saturated heterocycles. The molecule has 0 aromatic carbocycles. The van der Waals surface area contributed by atoms with Crippen molar-refractivity contribution in [3.8, 4) is 0 Å². The first-order chi connectivity index (χ1) is 10.4. The van der Waals surface area contributed by atoms with Gasteiger partial charge in [-0.1, -0.05) is 11.6 Å². The van der Waals surface area contributed by atoms with E-state index in [2.05, 4.69) is 5.32 Å². The molecular weight excluding hydrogens is 324 g/mol. The summed E-state index contributed by atoms with van der Waals surface area (Å²) in [6.45, 7) is 3.08. The van der Waals surface area contributed by atoms with Gasteiger partial charge in [0, 0.05) is 24.5 Å². The van der Waals surface area contributed by atoms with Gasteiger partial charge in [-0.2, -0.15) is 0 Å². The van der Waals surface area contributed by atoms with E-state index in [9.17, 15) is 9.59 Å². The van der Waals surface area contributed by atoms with Crippen LogP contribution in [0.3, 0.4) is 0 Å². The number of unbranched alkanes of at least 4 members (excludes halogenated alkanes) is 1. The molecule has 7 heteroatoms. The third-order valence-corrected chi connectivity index (χ3v) is 5.32. The molecule has 22 heavy (non-hydrogen) atoms. The fourth-order valence-corrected chi connectivity index (χ4v) is 3.66. The second-order valence-electron chi connectivity index (χ2n) is 5.93. The van der Waals surface area contributed by atoms with Gasteiger partial charge in [0.15, 0.2) is 0 Å². The highest BCUT2D eigenvalue weighted by Gasteiger charge is 2.42. The Labute approximate surface area is 139 Å². The number of thiophene rings is 1. The second-order valence-corrected chi connectivity index (χ2v) is 7.73. The van der Waals surface area contributed by atoms with Crippen LogP contribution in [0.25, 0.3) is 0 Å². The molecule has 2 heterocycles. The lowest BCUT2D eigenvalue weighted by Gasteiger charge is -2.20. The number of rotatable bonds is 6. The monoisotopic (exact) mass is 344 g/mol. The van der Waals surface area contributed by atoms with Crippen LogP contribution in [0.2, 0.25) is 4.34 Å². The smallest absolute Gasteiger partial charge is 0.317 e. The molecule has 1 unspecified atom stereocenters. The van der Waals surface area contributed by atoms with Gasteiger partial charge in [-0.25, -0.2) is 4.79 Å². The summed E-state index contributed by atoms with van der Waals surface area (Å²) >= 11 is 7.46. The molecule has 1 aromatic heterocycles. The van der Waals surface area contributed by atoms with E-state index >= 15 is 0 Å². The lowest BCUT2D eigenvalue weighted by molar-refractivity contribution is -0.146. The standard InChI is InChI=1S/C15H21ClN2O3S/c1-15(13(19)20)7-9-18(10-15)14(21)17-8-3-2-4-11-5-6-12(16)22-11/h5-6H,2-4,7-10H2,1H3,(H,17,21)(H,19,20). The Balaban J connectivity index is 1.63. The number of carboxylic acids is 1. The van der Waals surface area contributed by atoms with Gasteiger partial charge in [-0.3, -0.25) is 4.79 Å². The molecule has 0 radical (unpaired) electrons. The van der Waals surface area contributed by atoms with Gasteiger partial charge in [0.25, 0.3) is 0 Å². The van der Waals surface area contributed by atoms with Crippen molar-refractivity contribution in [3.05, 3.63) is 21.3 Å². The van der Waals surface area contributed by atoms with Crippen LogP contribution in [0.1, 0.15) is 31.1 Å². The van der Waals surface area contributed by atoms with Crippen LogP contribution in [-0.4, -0.2) is 41.6 Å². The summed E-state index contributed by atoms with van der Waals surface area (Å²) in [6, 6.07) is 3.77. The molecule has 2 N–H and O–H groups in total. The molecule has 0 saturated carbocycles. The fraction of sp³-hybridized carbons (Fsp3) is 0.600. The number of aliphatic carboxylic acids is 1. The summed E-state index contributed by atoms with van der Waals surface area (Å²) in [4.78, 5) is 26.0. The normalized spacial score (nSPS) is 21.1. The van der Waals surface area contributed by atoms with Crippen molar-refractivity contribution in [3.63, 3.8) is 0 Å². The number of nitrogens with zero attached hydrogens (tertiary/aromatic N) is 1. The number of hydrogen-bond acceptors (Lipinski definition) is 3. The lowest BCUT2D eigenvalue weighted by atomic mass is 9.90. The van der Waals surface area contributed by atoms with E-state index in [4.69, 9.17) is 16.7 Å². The van der Waals surface area contributed by atoms with Crippen molar-refractivity contribution in [2.24, 2.45) is 5.41 Å². The van der Waals surface area contributed by atoms with E-state index in [1.807, 2.05) is 12.1 Å². The minimum Gasteiger partial charge on any atom is -0.481 e. The van der Waals surface area contributed by atoms with E-state index in [-0.39, 0.29) is 12.6 Å². The zero-order valence-corrected chi connectivity index (χ0v) is 14.2. The van der Waals surface area contributed by atoms with Gasteiger partial charge in [0.05, 0.1) is 9.75 Å². The third kappa shape index (κ3) is 4.36. The molecule has 1 aromatic rings. The SMILES string of the molecule is CC1(C(=O)O)CCN(C(=O)NCCCCc2ccc(Cl)s2)C1. The van der Waals surface area contributed by atoms with E-state index in [0.717, 1.165) is 23.6 Å². The Morgan fingerprint density at radius 3 is 2.82 bits per heavy atom. The highest BCUT2D eigenvalue weighted by molar-refractivity contribution is 7.16. The molecule has 1 aliphatic heterocycles. The second kappa shape index (κ2) is 7.33. The third-order valence-electron chi connectivity index (χ3n) is 4.03. The van der Waals surface area contributed by atoms with Crippen molar-refractivity contribution in [2.45, 2.75) is 32.6 Å². The Morgan fingerprint density at radius 1 is 1.45 bits per heavy atom. The quantitative estimate of drug-likeness (QED) is 0.778. The van der Waals surface area contributed by atoms with E-state index in [1.165, 1.54) is 4.88 Å². The largest absolute Gasteiger partial charge is 0.481 e. The van der Waals surface area contributed by atoms with Gasteiger partial charge in [-0.05, 0) is 44.7 Å². The number of carbonyl (C=O) groups is 2. The zero-order chi connectivity index (χ0) is 16.2. The van der Waals surface area contributed by atoms with Crippen molar-refractivity contribution in [1.29, 1.82) is 0 Å². The highest BCUT2D eigenvalue weighted by Crippen LogP contribution is 2.30. The molecule has 2 amide bonds. The number of carbonyl (C=O) groups excluding carboxylic acids is 1. The topological polar surface area (TPSA) is 69.6 Å². The lowest BCUT2D eigenvalue weighted by Crippen LogP contribution is -2.41. The molecule has 0 spiro atoms. The van der Waals surface area contributed by atoms with Crippen LogP contribution < -0.4 is 5.32 Å². The van der Waals surface area contributed by atoms with Crippen molar-refractivity contribution in [2.75, 3.05) is 19.6 Å². The van der Waals surface area contributed by atoms with Gasteiger partial charge in [-0.15, -0.1) is 11.3 Å². The predicted molar refractivity (Wildman–Crippen MR) is 87.6 cm³/mol. The van der Waals surface area contributed by atoms with E-state index in [0.29, 0.717) is 19.5 Å². The summed E-state index contributed by atoms with van der Waals surface area (Å²) in [5.41, 5.74) is -0.810. The molecule has 1 atom stereocenters. The maximum atomic E-state index is 12.0. The summed E-state index contributed by atoms with van der Waals surface area (Å²) in [7, 11) is 0. The average molecular weight is 345 g/mol. The van der Waals surface area contributed by atoms with Crippen LogP contribution in [-0.2, 0) is 11.2 Å². The van der Waals surface area contributed by atoms with Crippen LogP contribution in [0, 0.1) is 5.41 Å². The maximum absolute atomic E-state index is 12.0. The molecule has 5 nitrogen and oxygen atoms in total. The molecule has 0 bridgehead atoms.